The van der Waals surface area contributed by atoms with Gasteiger partial charge < -0.3 is 9.30 Å². The Morgan fingerprint density at radius 1 is 1.14 bits per heavy atom. The van der Waals surface area contributed by atoms with Crippen molar-refractivity contribution in [2.24, 2.45) is 7.05 Å². The van der Waals surface area contributed by atoms with E-state index in [9.17, 15) is 14.9 Å². The number of ether oxygens (including phenoxy) is 1. The predicted molar refractivity (Wildman–Crippen MR) is 110 cm³/mol. The molecule has 0 unspecified atom stereocenters. The number of rotatable bonds is 10. The van der Waals surface area contributed by atoms with E-state index in [1.165, 1.54) is 0 Å². The number of unbranched alkanes of at least 4 members (excludes halogenated alkanes) is 4. The molecule has 0 atom stereocenters. The van der Waals surface area contributed by atoms with Gasteiger partial charge >= 0.3 is 5.97 Å². The quantitative estimate of drug-likeness (QED) is 0.169. The van der Waals surface area contributed by atoms with Crippen LogP contribution in [0.3, 0.4) is 0 Å². The molecular weight excluding hydrogens is 370 g/mol. The minimum Gasteiger partial charge on any atom is -0.462 e. The van der Waals surface area contributed by atoms with Gasteiger partial charge in [-0.1, -0.05) is 19.3 Å². The molecule has 0 radical (unpaired) electrons. The van der Waals surface area contributed by atoms with Gasteiger partial charge in [-0.15, -0.1) is 0 Å². The zero-order valence-electron chi connectivity index (χ0n) is 16.6. The second-order valence-electron chi connectivity index (χ2n) is 7.17. The molecule has 0 amide bonds. The molecule has 0 aliphatic heterocycles. The van der Waals surface area contributed by atoms with E-state index < -0.39 is 0 Å². The molecular formula is C22H26N3O4+. The molecule has 0 aliphatic carbocycles. The van der Waals surface area contributed by atoms with Crippen LogP contribution in [0.25, 0.3) is 10.9 Å². The number of non-ortho nitro benzene ring substituents is 1. The standard InChI is InChI=1S/C22H26N3O4/c1-23-12-7-8-19(17-23)22(26)29-15-6-4-2-3-5-13-24-14-11-18-16-20(25(27)28)9-10-21(18)24/h7-12,14,16-17H,2-6,13,15H2,1H3/q+1. The number of hydrogen-bond acceptors (Lipinski definition) is 4. The molecule has 0 aliphatic rings. The van der Waals surface area contributed by atoms with Gasteiger partial charge in [-0.25, -0.2) is 9.36 Å². The van der Waals surface area contributed by atoms with Crippen molar-refractivity contribution >= 4 is 22.6 Å². The number of pyridine rings is 1. The molecule has 0 spiro atoms. The Morgan fingerprint density at radius 3 is 2.72 bits per heavy atom. The van der Waals surface area contributed by atoms with Crippen LogP contribution in [-0.2, 0) is 18.3 Å². The number of nitro groups is 1. The van der Waals surface area contributed by atoms with E-state index in [4.69, 9.17) is 4.74 Å². The zero-order chi connectivity index (χ0) is 20.6. The summed E-state index contributed by atoms with van der Waals surface area (Å²) < 4.78 is 9.28. The maximum Gasteiger partial charge on any atom is 0.344 e. The van der Waals surface area contributed by atoms with Crippen molar-refractivity contribution in [1.29, 1.82) is 0 Å². The Balaban J connectivity index is 1.32. The fourth-order valence-electron chi connectivity index (χ4n) is 3.37. The lowest BCUT2D eigenvalue weighted by molar-refractivity contribution is -0.671. The molecule has 0 saturated heterocycles. The van der Waals surface area contributed by atoms with E-state index in [-0.39, 0.29) is 16.6 Å². The largest absolute Gasteiger partial charge is 0.462 e. The van der Waals surface area contributed by atoms with Crippen LogP contribution < -0.4 is 4.57 Å². The average Bonchev–Trinajstić information content (AvgIpc) is 3.12. The highest BCUT2D eigenvalue weighted by atomic mass is 16.6. The van der Waals surface area contributed by atoms with E-state index in [0.717, 1.165) is 49.6 Å². The number of benzene rings is 1. The molecule has 0 saturated carbocycles. The lowest BCUT2D eigenvalue weighted by Crippen LogP contribution is -2.28. The Kier molecular flexibility index (Phi) is 6.94. The number of esters is 1. The first-order valence-electron chi connectivity index (χ1n) is 9.90. The number of aromatic nitrogens is 2. The van der Waals surface area contributed by atoms with E-state index in [1.54, 1.807) is 24.4 Å². The molecule has 7 nitrogen and oxygen atoms in total. The second kappa shape index (κ2) is 9.82. The normalized spacial score (nSPS) is 10.9. The summed E-state index contributed by atoms with van der Waals surface area (Å²) >= 11 is 0. The number of carbonyl (C=O) groups is 1. The molecule has 3 rings (SSSR count). The number of nitrogens with zero attached hydrogens (tertiary/aromatic N) is 3. The van der Waals surface area contributed by atoms with Gasteiger partial charge in [-0.3, -0.25) is 10.1 Å². The minimum atomic E-state index is -0.367. The van der Waals surface area contributed by atoms with Crippen LogP contribution in [0.4, 0.5) is 5.69 Å². The molecule has 2 heterocycles. The first-order chi connectivity index (χ1) is 14.0. The van der Waals surface area contributed by atoms with Crippen molar-refractivity contribution in [1.82, 2.24) is 4.57 Å². The maximum atomic E-state index is 12.0. The van der Waals surface area contributed by atoms with Crippen molar-refractivity contribution in [2.45, 2.75) is 38.6 Å². The molecule has 152 valence electrons. The lowest BCUT2D eigenvalue weighted by atomic mass is 10.1. The van der Waals surface area contributed by atoms with Gasteiger partial charge in [0.1, 0.15) is 12.6 Å². The van der Waals surface area contributed by atoms with Gasteiger partial charge in [0.25, 0.3) is 5.69 Å². The molecule has 29 heavy (non-hydrogen) atoms. The van der Waals surface area contributed by atoms with Gasteiger partial charge in [0.2, 0.25) is 0 Å². The van der Waals surface area contributed by atoms with Crippen LogP contribution in [-0.4, -0.2) is 22.1 Å². The number of hydrogen-bond donors (Lipinski definition) is 0. The van der Waals surface area contributed by atoms with Crippen molar-refractivity contribution in [3.8, 4) is 0 Å². The average molecular weight is 396 g/mol. The molecule has 0 fully saturated rings. The number of carbonyl (C=O) groups excluding carboxylic acids is 1. The number of aryl methyl sites for hydroxylation is 2. The summed E-state index contributed by atoms with van der Waals surface area (Å²) in [5.41, 5.74) is 1.72. The predicted octanol–water partition coefficient (Wildman–Crippen LogP) is 4.18. The van der Waals surface area contributed by atoms with Crippen molar-refractivity contribution in [3.05, 3.63) is 70.7 Å². The number of fused-ring (bicyclic) bond motifs is 1. The van der Waals surface area contributed by atoms with Crippen LogP contribution >= 0.6 is 0 Å². The summed E-state index contributed by atoms with van der Waals surface area (Å²) in [6.07, 6.45) is 10.7. The minimum absolute atomic E-state index is 0.122. The van der Waals surface area contributed by atoms with Crippen LogP contribution in [0.15, 0.2) is 55.0 Å². The van der Waals surface area contributed by atoms with Gasteiger partial charge in [0.05, 0.1) is 11.5 Å². The Labute approximate surface area is 169 Å². The third kappa shape index (κ3) is 5.63. The smallest absolute Gasteiger partial charge is 0.344 e. The zero-order valence-corrected chi connectivity index (χ0v) is 16.6. The Bertz CT molecular complexity index is 997. The van der Waals surface area contributed by atoms with Gasteiger partial charge in [0, 0.05) is 41.8 Å². The van der Waals surface area contributed by atoms with Crippen LogP contribution in [0.5, 0.6) is 0 Å². The van der Waals surface area contributed by atoms with Crippen molar-refractivity contribution in [3.63, 3.8) is 0 Å². The summed E-state index contributed by atoms with van der Waals surface area (Å²) in [5, 5.41) is 11.8. The fraction of sp³-hybridized carbons (Fsp3) is 0.364. The lowest BCUT2D eigenvalue weighted by Gasteiger charge is -2.06. The van der Waals surface area contributed by atoms with E-state index in [1.807, 2.05) is 42.2 Å². The third-order valence-corrected chi connectivity index (χ3v) is 4.92. The highest BCUT2D eigenvalue weighted by Gasteiger charge is 2.10. The molecule has 1 aromatic carbocycles. The third-order valence-electron chi connectivity index (χ3n) is 4.92. The monoisotopic (exact) mass is 396 g/mol. The summed E-state index contributed by atoms with van der Waals surface area (Å²) in [5.74, 6) is -0.277. The SMILES string of the molecule is C[n+]1cccc(C(=O)OCCCCCCCn2ccc3cc([N+](=O)[O-])ccc32)c1. The summed E-state index contributed by atoms with van der Waals surface area (Å²) in [7, 11) is 1.87. The highest BCUT2D eigenvalue weighted by Crippen LogP contribution is 2.22. The first-order valence-corrected chi connectivity index (χ1v) is 9.90. The fourth-order valence-corrected chi connectivity index (χ4v) is 3.37. The Hall–Kier alpha value is -3.22. The molecule has 0 bridgehead atoms. The van der Waals surface area contributed by atoms with Gasteiger partial charge in [0.15, 0.2) is 12.4 Å². The second-order valence-corrected chi connectivity index (χ2v) is 7.17. The Morgan fingerprint density at radius 2 is 1.93 bits per heavy atom. The van der Waals surface area contributed by atoms with Gasteiger partial charge in [-0.2, -0.15) is 0 Å². The summed E-state index contributed by atoms with van der Waals surface area (Å²) in [4.78, 5) is 22.4. The molecule has 0 N–H and O–H groups in total. The van der Waals surface area contributed by atoms with Crippen molar-refractivity contribution in [2.75, 3.05) is 6.61 Å². The molecule has 3 aromatic rings. The van der Waals surface area contributed by atoms with Gasteiger partial charge in [-0.05, 0) is 31.0 Å². The van der Waals surface area contributed by atoms with Crippen LogP contribution in [0, 0.1) is 10.1 Å². The molecule has 2 aromatic heterocycles. The first kappa shape index (κ1) is 20.5. The van der Waals surface area contributed by atoms with Crippen LogP contribution in [0.1, 0.15) is 42.5 Å². The topological polar surface area (TPSA) is 78.2 Å². The van der Waals surface area contributed by atoms with Crippen molar-refractivity contribution < 1.29 is 19.0 Å². The molecule has 7 heteroatoms. The summed E-state index contributed by atoms with van der Waals surface area (Å²) in [6, 6.07) is 10.5. The summed E-state index contributed by atoms with van der Waals surface area (Å²) in [6.45, 7) is 1.33. The highest BCUT2D eigenvalue weighted by molar-refractivity contribution is 5.88. The van der Waals surface area contributed by atoms with E-state index in [0.29, 0.717) is 12.2 Å². The van der Waals surface area contributed by atoms with E-state index >= 15 is 0 Å². The van der Waals surface area contributed by atoms with Crippen LogP contribution in [0.2, 0.25) is 0 Å². The maximum absolute atomic E-state index is 12.0. The number of nitro benzene ring substituents is 1. The van der Waals surface area contributed by atoms with E-state index in [2.05, 4.69) is 4.57 Å².